The standard InChI is InChI=1S/C10H13ClN2OS/c11-7-9-1-2-10(12-8-9)13-3-5-15(14)6-4-13/h1-2,8H,3-7H2. The summed E-state index contributed by atoms with van der Waals surface area (Å²) in [5.41, 5.74) is 1.03. The zero-order valence-electron chi connectivity index (χ0n) is 8.36. The van der Waals surface area contributed by atoms with Gasteiger partial charge in [-0.15, -0.1) is 11.6 Å². The van der Waals surface area contributed by atoms with E-state index in [4.69, 9.17) is 11.6 Å². The average molecular weight is 245 g/mol. The third-order valence-corrected chi connectivity index (χ3v) is 4.05. The molecule has 0 aromatic carbocycles. The number of pyridine rings is 1. The molecule has 1 fully saturated rings. The second-order valence-corrected chi connectivity index (χ2v) is 5.46. The van der Waals surface area contributed by atoms with Crippen molar-refractivity contribution >= 4 is 28.2 Å². The first-order valence-electron chi connectivity index (χ1n) is 4.90. The van der Waals surface area contributed by atoms with E-state index in [1.165, 1.54) is 0 Å². The fraction of sp³-hybridized carbons (Fsp3) is 0.500. The molecule has 2 heterocycles. The van der Waals surface area contributed by atoms with Crippen molar-refractivity contribution in [1.29, 1.82) is 0 Å². The van der Waals surface area contributed by atoms with Gasteiger partial charge in [-0.3, -0.25) is 4.21 Å². The van der Waals surface area contributed by atoms with Crippen molar-refractivity contribution in [3.8, 4) is 0 Å². The molecule has 1 aromatic heterocycles. The minimum Gasteiger partial charge on any atom is -0.355 e. The monoisotopic (exact) mass is 244 g/mol. The lowest BCUT2D eigenvalue weighted by molar-refractivity contribution is 0.672. The molecule has 1 aliphatic rings. The van der Waals surface area contributed by atoms with E-state index in [2.05, 4.69) is 9.88 Å². The van der Waals surface area contributed by atoms with Crippen molar-refractivity contribution in [2.24, 2.45) is 0 Å². The molecule has 0 bridgehead atoms. The van der Waals surface area contributed by atoms with Crippen LogP contribution in [-0.2, 0) is 16.7 Å². The summed E-state index contributed by atoms with van der Waals surface area (Å²) in [5.74, 6) is 2.95. The quantitative estimate of drug-likeness (QED) is 0.738. The number of nitrogens with zero attached hydrogens (tertiary/aromatic N) is 2. The summed E-state index contributed by atoms with van der Waals surface area (Å²) in [4.78, 5) is 6.51. The van der Waals surface area contributed by atoms with Gasteiger partial charge in [0.05, 0.1) is 0 Å². The molecular formula is C10H13ClN2OS. The van der Waals surface area contributed by atoms with Crippen LogP contribution >= 0.6 is 11.6 Å². The summed E-state index contributed by atoms with van der Waals surface area (Å²) in [5, 5.41) is 0. The molecule has 15 heavy (non-hydrogen) atoms. The van der Waals surface area contributed by atoms with Gasteiger partial charge in [0.2, 0.25) is 0 Å². The van der Waals surface area contributed by atoms with Crippen molar-refractivity contribution in [3.05, 3.63) is 23.9 Å². The number of hydrogen-bond acceptors (Lipinski definition) is 3. The first-order valence-corrected chi connectivity index (χ1v) is 6.92. The molecule has 1 saturated heterocycles. The van der Waals surface area contributed by atoms with Crippen molar-refractivity contribution in [3.63, 3.8) is 0 Å². The van der Waals surface area contributed by atoms with Crippen LogP contribution in [0.1, 0.15) is 5.56 Å². The number of hydrogen-bond donors (Lipinski definition) is 0. The minimum absolute atomic E-state index is 0.497. The van der Waals surface area contributed by atoms with Gasteiger partial charge in [0.15, 0.2) is 0 Å². The predicted molar refractivity (Wildman–Crippen MR) is 63.9 cm³/mol. The number of anilines is 1. The largest absolute Gasteiger partial charge is 0.355 e. The molecule has 0 atom stereocenters. The average Bonchev–Trinajstić information content (AvgIpc) is 2.30. The molecule has 0 unspecified atom stereocenters. The molecule has 3 nitrogen and oxygen atoms in total. The Hall–Kier alpha value is -0.610. The Kier molecular flexibility index (Phi) is 3.59. The summed E-state index contributed by atoms with van der Waals surface area (Å²) < 4.78 is 11.2. The lowest BCUT2D eigenvalue weighted by atomic mass is 10.3. The molecule has 0 N–H and O–H groups in total. The van der Waals surface area contributed by atoms with Crippen LogP contribution in [0.25, 0.3) is 0 Å². The van der Waals surface area contributed by atoms with Crippen molar-refractivity contribution in [2.75, 3.05) is 29.5 Å². The van der Waals surface area contributed by atoms with Crippen LogP contribution < -0.4 is 4.90 Å². The molecule has 0 spiro atoms. The Balaban J connectivity index is 2.06. The molecule has 5 heteroatoms. The maximum absolute atomic E-state index is 11.2. The van der Waals surface area contributed by atoms with Gasteiger partial charge in [-0.05, 0) is 11.6 Å². The summed E-state index contributed by atoms with van der Waals surface area (Å²) in [6.45, 7) is 1.67. The topological polar surface area (TPSA) is 33.2 Å². The smallest absolute Gasteiger partial charge is 0.128 e. The van der Waals surface area contributed by atoms with E-state index in [1.807, 2.05) is 12.1 Å². The van der Waals surface area contributed by atoms with E-state index in [0.717, 1.165) is 36.0 Å². The Labute approximate surface area is 96.9 Å². The van der Waals surface area contributed by atoms with E-state index in [9.17, 15) is 4.21 Å². The highest BCUT2D eigenvalue weighted by atomic mass is 35.5. The predicted octanol–water partition coefficient (Wildman–Crippen LogP) is 1.39. The molecule has 0 saturated carbocycles. The second-order valence-electron chi connectivity index (χ2n) is 3.49. The Morgan fingerprint density at radius 3 is 2.67 bits per heavy atom. The second kappa shape index (κ2) is 4.94. The van der Waals surface area contributed by atoms with Gasteiger partial charge in [-0.2, -0.15) is 0 Å². The zero-order valence-corrected chi connectivity index (χ0v) is 9.93. The van der Waals surface area contributed by atoms with Crippen LogP contribution in [0.2, 0.25) is 0 Å². The van der Waals surface area contributed by atoms with E-state index in [0.29, 0.717) is 5.88 Å². The Bertz CT molecular complexity index is 345. The van der Waals surface area contributed by atoms with E-state index < -0.39 is 10.8 Å². The molecular weight excluding hydrogens is 232 g/mol. The van der Waals surface area contributed by atoms with Gasteiger partial charge in [0.1, 0.15) is 5.82 Å². The normalized spacial score (nSPS) is 18.1. The fourth-order valence-corrected chi connectivity index (χ4v) is 2.76. The van der Waals surface area contributed by atoms with E-state index >= 15 is 0 Å². The van der Waals surface area contributed by atoms with Crippen molar-refractivity contribution in [1.82, 2.24) is 4.98 Å². The van der Waals surface area contributed by atoms with Gasteiger partial charge >= 0.3 is 0 Å². The SMILES string of the molecule is O=S1CCN(c2ccc(CCl)cn2)CC1. The van der Waals surface area contributed by atoms with Crippen LogP contribution in [0.4, 0.5) is 5.82 Å². The lowest BCUT2D eigenvalue weighted by Crippen LogP contribution is -2.38. The minimum atomic E-state index is -0.631. The highest BCUT2D eigenvalue weighted by molar-refractivity contribution is 7.85. The Morgan fingerprint density at radius 1 is 1.40 bits per heavy atom. The molecule has 1 aromatic rings. The summed E-state index contributed by atoms with van der Waals surface area (Å²) in [6, 6.07) is 3.97. The number of alkyl halides is 1. The first-order chi connectivity index (χ1) is 7.29. The first kappa shape index (κ1) is 10.9. The highest BCUT2D eigenvalue weighted by Gasteiger charge is 2.15. The number of aromatic nitrogens is 1. The molecule has 82 valence electrons. The van der Waals surface area contributed by atoms with Gasteiger partial charge in [0.25, 0.3) is 0 Å². The van der Waals surface area contributed by atoms with Crippen LogP contribution in [0.15, 0.2) is 18.3 Å². The maximum Gasteiger partial charge on any atom is 0.128 e. The zero-order chi connectivity index (χ0) is 10.7. The third-order valence-electron chi connectivity index (χ3n) is 2.47. The van der Waals surface area contributed by atoms with Crippen molar-refractivity contribution in [2.45, 2.75) is 5.88 Å². The summed E-state index contributed by atoms with van der Waals surface area (Å²) in [6.07, 6.45) is 1.80. The molecule has 2 rings (SSSR count). The Morgan fingerprint density at radius 2 is 2.13 bits per heavy atom. The lowest BCUT2D eigenvalue weighted by Gasteiger charge is -2.27. The third kappa shape index (κ3) is 2.69. The summed E-state index contributed by atoms with van der Waals surface area (Å²) in [7, 11) is -0.631. The van der Waals surface area contributed by atoms with Crippen LogP contribution in [0.5, 0.6) is 0 Å². The van der Waals surface area contributed by atoms with E-state index in [-0.39, 0.29) is 0 Å². The molecule has 0 amide bonds. The van der Waals surface area contributed by atoms with Gasteiger partial charge in [0, 0.05) is 47.5 Å². The van der Waals surface area contributed by atoms with Crippen LogP contribution in [0, 0.1) is 0 Å². The van der Waals surface area contributed by atoms with Gasteiger partial charge < -0.3 is 4.90 Å². The van der Waals surface area contributed by atoms with Gasteiger partial charge in [-0.1, -0.05) is 6.07 Å². The van der Waals surface area contributed by atoms with Crippen LogP contribution in [-0.4, -0.2) is 33.8 Å². The van der Waals surface area contributed by atoms with Crippen LogP contribution in [0.3, 0.4) is 0 Å². The van der Waals surface area contributed by atoms with E-state index in [1.54, 1.807) is 6.20 Å². The summed E-state index contributed by atoms with van der Waals surface area (Å²) >= 11 is 5.69. The number of halogens is 1. The molecule has 0 aliphatic carbocycles. The molecule has 0 radical (unpaired) electrons. The maximum atomic E-state index is 11.2. The van der Waals surface area contributed by atoms with Crippen molar-refractivity contribution < 1.29 is 4.21 Å². The highest BCUT2D eigenvalue weighted by Crippen LogP contribution is 2.14. The number of rotatable bonds is 2. The molecule has 1 aliphatic heterocycles. The fourth-order valence-electron chi connectivity index (χ4n) is 1.55. The van der Waals surface area contributed by atoms with Gasteiger partial charge in [-0.25, -0.2) is 4.98 Å².